The molecule has 0 aliphatic carbocycles. The fraction of sp³-hybridized carbons (Fsp3) is 0.368. The van der Waals surface area contributed by atoms with Gasteiger partial charge in [-0.3, -0.25) is 9.69 Å². The molecular weight excluding hydrogens is 378 g/mol. The molecule has 0 aromatic carbocycles. The van der Waals surface area contributed by atoms with Crippen LogP contribution in [-0.4, -0.2) is 56.4 Å². The van der Waals surface area contributed by atoms with Crippen molar-refractivity contribution < 1.29 is 4.79 Å². The van der Waals surface area contributed by atoms with E-state index >= 15 is 0 Å². The van der Waals surface area contributed by atoms with E-state index in [-0.39, 0.29) is 18.5 Å². The number of carbonyl (C=O) groups excluding carboxylic acids is 1. The summed E-state index contributed by atoms with van der Waals surface area (Å²) >= 11 is 6.10. The molecule has 0 saturated carbocycles. The van der Waals surface area contributed by atoms with Crippen molar-refractivity contribution in [1.29, 1.82) is 0 Å². The number of nitrogens with two attached hydrogens (primary N) is 1. The van der Waals surface area contributed by atoms with Crippen LogP contribution in [0.1, 0.15) is 18.4 Å². The fourth-order valence-corrected chi connectivity index (χ4v) is 3.77. The van der Waals surface area contributed by atoms with Gasteiger partial charge in [-0.2, -0.15) is 0 Å². The number of amides is 1. The highest BCUT2D eigenvalue weighted by Gasteiger charge is 2.22. The van der Waals surface area contributed by atoms with Gasteiger partial charge in [-0.05, 0) is 32.4 Å². The lowest BCUT2D eigenvalue weighted by Crippen LogP contribution is -2.45. The van der Waals surface area contributed by atoms with E-state index in [4.69, 9.17) is 22.3 Å². The lowest BCUT2D eigenvalue weighted by Gasteiger charge is -2.32. The highest BCUT2D eigenvalue weighted by Crippen LogP contribution is 2.28. The minimum Gasteiger partial charge on any atom is -0.369 e. The lowest BCUT2D eigenvalue weighted by molar-refractivity contribution is -0.119. The Morgan fingerprint density at radius 2 is 2.29 bits per heavy atom. The number of nitrogens with one attached hydrogen (secondary N) is 2. The van der Waals surface area contributed by atoms with Crippen LogP contribution in [0.15, 0.2) is 24.7 Å². The number of hydrogen-bond acceptors (Lipinski definition) is 6. The van der Waals surface area contributed by atoms with Crippen LogP contribution < -0.4 is 11.1 Å². The highest BCUT2D eigenvalue weighted by molar-refractivity contribution is 6.31. The number of halogens is 1. The summed E-state index contributed by atoms with van der Waals surface area (Å²) in [4.78, 5) is 30.0. The largest absolute Gasteiger partial charge is 0.369 e. The Morgan fingerprint density at radius 1 is 1.43 bits per heavy atom. The summed E-state index contributed by atoms with van der Waals surface area (Å²) in [6.07, 6.45) is 7.28. The molecule has 4 heterocycles. The number of hydrogen-bond donors (Lipinski definition) is 3. The number of anilines is 1. The van der Waals surface area contributed by atoms with E-state index in [1.165, 1.54) is 0 Å². The molecule has 1 aliphatic heterocycles. The molecule has 1 saturated heterocycles. The zero-order valence-corrected chi connectivity index (χ0v) is 16.3. The Labute approximate surface area is 167 Å². The number of nitrogens with zero attached hydrogens (tertiary/aromatic N) is 4. The minimum absolute atomic E-state index is 0.202. The lowest BCUT2D eigenvalue weighted by atomic mass is 10.1. The third kappa shape index (κ3) is 3.93. The second kappa shape index (κ2) is 7.73. The number of rotatable bonds is 5. The van der Waals surface area contributed by atoms with Gasteiger partial charge in [0.15, 0.2) is 5.82 Å². The Kier molecular flexibility index (Phi) is 5.15. The molecule has 146 valence electrons. The molecular formula is C19H22ClN7O. The number of primary amides is 1. The molecule has 1 aliphatic rings. The summed E-state index contributed by atoms with van der Waals surface area (Å²) in [6, 6.07) is 2.06. The topological polar surface area (TPSA) is 113 Å². The molecule has 1 atom stereocenters. The first-order valence-corrected chi connectivity index (χ1v) is 9.61. The summed E-state index contributed by atoms with van der Waals surface area (Å²) < 4.78 is 0. The van der Waals surface area contributed by atoms with Crippen molar-refractivity contribution in [1.82, 2.24) is 24.8 Å². The third-order valence-corrected chi connectivity index (χ3v) is 5.14. The van der Waals surface area contributed by atoms with Crippen molar-refractivity contribution >= 4 is 34.4 Å². The van der Waals surface area contributed by atoms with Gasteiger partial charge < -0.3 is 16.0 Å². The summed E-state index contributed by atoms with van der Waals surface area (Å²) in [5.41, 5.74) is 7.90. The fourth-order valence-electron chi connectivity index (χ4n) is 3.61. The number of H-pyrrole nitrogens is 1. The zero-order valence-electron chi connectivity index (χ0n) is 15.6. The van der Waals surface area contributed by atoms with E-state index in [0.29, 0.717) is 10.8 Å². The van der Waals surface area contributed by atoms with Crippen molar-refractivity contribution in [3.63, 3.8) is 0 Å². The van der Waals surface area contributed by atoms with Crippen LogP contribution in [0.3, 0.4) is 0 Å². The van der Waals surface area contributed by atoms with Gasteiger partial charge >= 0.3 is 0 Å². The molecule has 9 heteroatoms. The van der Waals surface area contributed by atoms with E-state index in [1.807, 2.05) is 25.4 Å². The molecule has 4 N–H and O–H groups in total. The van der Waals surface area contributed by atoms with Crippen LogP contribution in [0.5, 0.6) is 0 Å². The van der Waals surface area contributed by atoms with E-state index in [0.717, 1.165) is 53.9 Å². The highest BCUT2D eigenvalue weighted by atomic mass is 35.5. The molecule has 3 aromatic heterocycles. The molecule has 0 bridgehead atoms. The van der Waals surface area contributed by atoms with Crippen LogP contribution in [0.2, 0.25) is 5.02 Å². The molecule has 28 heavy (non-hydrogen) atoms. The van der Waals surface area contributed by atoms with Gasteiger partial charge in [-0.15, -0.1) is 0 Å². The molecule has 8 nitrogen and oxygen atoms in total. The third-order valence-electron chi connectivity index (χ3n) is 4.94. The Hall–Kier alpha value is -2.71. The average molecular weight is 400 g/mol. The molecule has 0 spiro atoms. The normalized spacial score (nSPS) is 17.7. The second-order valence-electron chi connectivity index (χ2n) is 7.16. The average Bonchev–Trinajstić information content (AvgIpc) is 3.06. The summed E-state index contributed by atoms with van der Waals surface area (Å²) in [5.74, 6) is 1.10. The smallest absolute Gasteiger partial charge is 0.231 e. The number of carbonyl (C=O) groups is 1. The van der Waals surface area contributed by atoms with Crippen molar-refractivity contribution in [2.75, 3.05) is 25.0 Å². The summed E-state index contributed by atoms with van der Waals surface area (Å²) in [6.45, 7) is 3.91. The zero-order chi connectivity index (χ0) is 19.7. The number of fused-ring (bicyclic) bond motifs is 1. The van der Waals surface area contributed by atoms with Gasteiger partial charge in [0.05, 0.1) is 11.6 Å². The van der Waals surface area contributed by atoms with Gasteiger partial charge in [-0.25, -0.2) is 15.0 Å². The first-order valence-electron chi connectivity index (χ1n) is 9.23. The van der Waals surface area contributed by atoms with Crippen molar-refractivity contribution in [3.8, 4) is 11.4 Å². The summed E-state index contributed by atoms with van der Waals surface area (Å²) in [7, 11) is 0. The maximum absolute atomic E-state index is 11.2. The van der Waals surface area contributed by atoms with Gasteiger partial charge in [0.1, 0.15) is 11.5 Å². The maximum atomic E-state index is 11.2. The molecule has 0 radical (unpaired) electrons. The van der Waals surface area contributed by atoms with Gasteiger partial charge in [0.25, 0.3) is 0 Å². The molecule has 3 aromatic rings. The van der Waals surface area contributed by atoms with Gasteiger partial charge in [-0.1, -0.05) is 11.6 Å². The Balaban J connectivity index is 1.59. The van der Waals surface area contributed by atoms with Gasteiger partial charge in [0.2, 0.25) is 5.91 Å². The number of likely N-dealkylation sites (tertiary alicyclic amines) is 1. The maximum Gasteiger partial charge on any atom is 0.231 e. The van der Waals surface area contributed by atoms with Crippen LogP contribution in [0.25, 0.3) is 22.4 Å². The SMILES string of the molecule is Cc1cnc(-c2c[nH]c3ncc(Cl)cc23)nc1N[C@H]1CCCN(CC(N)=O)C1. The van der Waals surface area contributed by atoms with Crippen molar-refractivity contribution in [2.45, 2.75) is 25.8 Å². The predicted octanol–water partition coefficient (Wildman–Crippen LogP) is 2.34. The minimum atomic E-state index is -0.298. The summed E-state index contributed by atoms with van der Waals surface area (Å²) in [5, 5.41) is 4.96. The Morgan fingerprint density at radius 3 is 3.11 bits per heavy atom. The Bertz CT molecular complexity index is 1020. The first-order chi connectivity index (χ1) is 13.5. The number of aromatic nitrogens is 4. The van der Waals surface area contributed by atoms with E-state index in [9.17, 15) is 4.79 Å². The van der Waals surface area contributed by atoms with E-state index < -0.39 is 0 Å². The number of piperidine rings is 1. The number of aromatic amines is 1. The standard InChI is InChI=1S/C19H22ClN7O/c1-11-6-22-19(15-8-24-18-14(15)5-12(20)7-23-18)26-17(11)25-13-3-2-4-27(9-13)10-16(21)28/h5-8,13H,2-4,9-10H2,1H3,(H2,21,28)(H,23,24)(H,22,25,26)/t13-/m0/s1. The number of aryl methyl sites for hydroxylation is 1. The van der Waals surface area contributed by atoms with Crippen molar-refractivity contribution in [2.24, 2.45) is 5.73 Å². The van der Waals surface area contributed by atoms with Crippen molar-refractivity contribution in [3.05, 3.63) is 35.2 Å². The molecule has 1 amide bonds. The molecule has 4 rings (SSSR count). The van der Waals surface area contributed by atoms with E-state index in [1.54, 1.807) is 6.20 Å². The van der Waals surface area contributed by atoms with E-state index in [2.05, 4.69) is 25.2 Å². The van der Waals surface area contributed by atoms with Gasteiger partial charge in [0, 0.05) is 47.7 Å². The monoisotopic (exact) mass is 399 g/mol. The molecule has 0 unspecified atom stereocenters. The molecule has 1 fully saturated rings. The predicted molar refractivity (Wildman–Crippen MR) is 109 cm³/mol. The van der Waals surface area contributed by atoms with Crippen LogP contribution in [0, 0.1) is 6.92 Å². The second-order valence-corrected chi connectivity index (χ2v) is 7.60. The first kappa shape index (κ1) is 18.6. The quantitative estimate of drug-likeness (QED) is 0.607. The van der Waals surface area contributed by atoms with Crippen LogP contribution >= 0.6 is 11.6 Å². The number of pyridine rings is 1. The van der Waals surface area contributed by atoms with Crippen LogP contribution in [0.4, 0.5) is 5.82 Å². The van der Waals surface area contributed by atoms with Crippen LogP contribution in [-0.2, 0) is 4.79 Å².